The molecule has 0 aliphatic carbocycles. The van der Waals surface area contributed by atoms with Gasteiger partial charge in [-0.15, -0.1) is 0 Å². The molecule has 0 aliphatic rings. The minimum absolute atomic E-state index is 0.0380. The first-order chi connectivity index (χ1) is 8.90. The van der Waals surface area contributed by atoms with Gasteiger partial charge in [0.05, 0.1) is 24.9 Å². The second-order valence-corrected chi connectivity index (χ2v) is 4.87. The number of hydrogen-bond acceptors (Lipinski definition) is 4. The van der Waals surface area contributed by atoms with Gasteiger partial charge in [-0.25, -0.2) is 4.79 Å². The molecule has 0 aliphatic heterocycles. The van der Waals surface area contributed by atoms with Crippen LogP contribution in [0.25, 0.3) is 0 Å². The first-order valence-corrected chi connectivity index (χ1v) is 6.54. The Bertz CT molecular complexity index is 455. The molecule has 0 radical (unpaired) electrons. The van der Waals surface area contributed by atoms with Crippen LogP contribution in [0.15, 0.2) is 12.1 Å². The van der Waals surface area contributed by atoms with Crippen LogP contribution in [0.3, 0.4) is 0 Å². The van der Waals surface area contributed by atoms with Crippen molar-refractivity contribution in [2.45, 2.75) is 46.3 Å². The third-order valence-corrected chi connectivity index (χ3v) is 3.00. The summed E-state index contributed by atoms with van der Waals surface area (Å²) in [6, 6.07) is 3.58. The van der Waals surface area contributed by atoms with Crippen LogP contribution in [0.5, 0.6) is 0 Å². The molecular weight excluding hydrogens is 242 g/mol. The summed E-state index contributed by atoms with van der Waals surface area (Å²) in [5.41, 5.74) is 8.72. The number of rotatable bonds is 5. The van der Waals surface area contributed by atoms with Crippen LogP contribution >= 0.6 is 0 Å². The Kier molecular flexibility index (Phi) is 5.36. The monoisotopic (exact) mass is 265 g/mol. The molecule has 0 amide bonds. The number of anilines is 1. The molecule has 1 aromatic carbocycles. The predicted octanol–water partition coefficient (Wildman–Crippen LogP) is 3.24. The zero-order valence-electron chi connectivity index (χ0n) is 12.3. The largest absolute Gasteiger partial charge is 0.465 e. The van der Waals surface area contributed by atoms with E-state index in [1.54, 1.807) is 12.1 Å². The Labute approximate surface area is 114 Å². The van der Waals surface area contributed by atoms with E-state index in [1.807, 2.05) is 20.8 Å². The van der Waals surface area contributed by atoms with Crippen molar-refractivity contribution in [3.63, 3.8) is 0 Å². The predicted molar refractivity (Wildman–Crippen MR) is 76.2 cm³/mol. The van der Waals surface area contributed by atoms with Crippen LogP contribution in [0.1, 0.15) is 54.8 Å². The number of esters is 1. The van der Waals surface area contributed by atoms with Crippen LogP contribution in [-0.4, -0.2) is 19.2 Å². The number of nitrogens with two attached hydrogens (primary N) is 1. The highest BCUT2D eigenvalue weighted by atomic mass is 16.5. The van der Waals surface area contributed by atoms with E-state index in [2.05, 4.69) is 6.92 Å². The SMILES string of the molecule is CCC(OC(C)C)c1cc(C(=O)OC)c(N)cc1C. The number of hydrogen-bond donors (Lipinski definition) is 1. The van der Waals surface area contributed by atoms with E-state index in [1.165, 1.54) is 7.11 Å². The van der Waals surface area contributed by atoms with Crippen molar-refractivity contribution in [2.24, 2.45) is 0 Å². The summed E-state index contributed by atoms with van der Waals surface area (Å²) in [6.07, 6.45) is 0.927. The van der Waals surface area contributed by atoms with Gasteiger partial charge in [-0.1, -0.05) is 6.92 Å². The zero-order chi connectivity index (χ0) is 14.6. The van der Waals surface area contributed by atoms with E-state index in [-0.39, 0.29) is 12.2 Å². The number of aryl methyl sites for hydroxylation is 1. The number of nitrogen functional groups attached to an aromatic ring is 1. The van der Waals surface area contributed by atoms with E-state index in [4.69, 9.17) is 15.2 Å². The lowest BCUT2D eigenvalue weighted by molar-refractivity contribution is 0.00412. The number of ether oxygens (including phenoxy) is 2. The van der Waals surface area contributed by atoms with E-state index < -0.39 is 5.97 Å². The van der Waals surface area contributed by atoms with Gasteiger partial charge >= 0.3 is 5.97 Å². The fraction of sp³-hybridized carbons (Fsp3) is 0.533. The van der Waals surface area contributed by atoms with Gasteiger partial charge in [-0.05, 0) is 50.5 Å². The van der Waals surface area contributed by atoms with E-state index in [0.717, 1.165) is 17.5 Å². The summed E-state index contributed by atoms with van der Waals surface area (Å²) < 4.78 is 10.6. The maximum atomic E-state index is 11.7. The number of benzene rings is 1. The highest BCUT2D eigenvalue weighted by molar-refractivity contribution is 5.95. The van der Waals surface area contributed by atoms with Crippen molar-refractivity contribution in [3.05, 3.63) is 28.8 Å². The quantitative estimate of drug-likeness (QED) is 0.656. The minimum atomic E-state index is -0.418. The van der Waals surface area contributed by atoms with Crippen LogP contribution in [0.4, 0.5) is 5.69 Å². The maximum absolute atomic E-state index is 11.7. The van der Waals surface area contributed by atoms with E-state index in [9.17, 15) is 4.79 Å². The molecule has 4 nitrogen and oxygen atoms in total. The summed E-state index contributed by atoms with van der Waals surface area (Å²) in [7, 11) is 1.35. The zero-order valence-corrected chi connectivity index (χ0v) is 12.3. The molecule has 0 fully saturated rings. The summed E-state index contributed by atoms with van der Waals surface area (Å²) in [5, 5.41) is 0. The van der Waals surface area contributed by atoms with Gasteiger partial charge in [0.25, 0.3) is 0 Å². The number of carbonyl (C=O) groups excluding carboxylic acids is 1. The lowest BCUT2D eigenvalue weighted by Crippen LogP contribution is -2.13. The second-order valence-electron chi connectivity index (χ2n) is 4.87. The normalized spacial score (nSPS) is 12.5. The van der Waals surface area contributed by atoms with Crippen molar-refractivity contribution < 1.29 is 14.3 Å². The van der Waals surface area contributed by atoms with Gasteiger partial charge in [-0.3, -0.25) is 0 Å². The van der Waals surface area contributed by atoms with E-state index in [0.29, 0.717) is 11.3 Å². The van der Waals surface area contributed by atoms with Crippen LogP contribution in [0.2, 0.25) is 0 Å². The summed E-state index contributed by atoms with van der Waals surface area (Å²) in [4.78, 5) is 11.7. The third-order valence-electron chi connectivity index (χ3n) is 3.00. The van der Waals surface area contributed by atoms with Crippen LogP contribution in [-0.2, 0) is 9.47 Å². The molecule has 0 spiro atoms. The molecule has 0 saturated heterocycles. The molecule has 19 heavy (non-hydrogen) atoms. The molecule has 0 saturated carbocycles. The first kappa shape index (κ1) is 15.5. The molecule has 4 heteroatoms. The molecule has 1 rings (SSSR count). The van der Waals surface area contributed by atoms with Gasteiger partial charge in [0, 0.05) is 5.69 Å². The summed E-state index contributed by atoms with van der Waals surface area (Å²) in [6.45, 7) is 8.02. The molecular formula is C15H23NO3. The molecule has 0 heterocycles. The lowest BCUT2D eigenvalue weighted by Gasteiger charge is -2.22. The molecule has 106 valence electrons. The molecule has 1 aromatic rings. The topological polar surface area (TPSA) is 61.5 Å². The summed E-state index contributed by atoms with van der Waals surface area (Å²) in [5.74, 6) is -0.418. The van der Waals surface area contributed by atoms with Crippen molar-refractivity contribution in [1.29, 1.82) is 0 Å². The Balaban J connectivity index is 3.22. The average Bonchev–Trinajstić information content (AvgIpc) is 2.35. The van der Waals surface area contributed by atoms with E-state index >= 15 is 0 Å². The smallest absolute Gasteiger partial charge is 0.339 e. The highest BCUT2D eigenvalue weighted by Gasteiger charge is 2.19. The molecule has 1 unspecified atom stereocenters. The molecule has 0 aromatic heterocycles. The molecule has 1 atom stereocenters. The van der Waals surface area contributed by atoms with Crippen molar-refractivity contribution in [2.75, 3.05) is 12.8 Å². The van der Waals surface area contributed by atoms with Gasteiger partial charge in [0.15, 0.2) is 0 Å². The Morgan fingerprint density at radius 3 is 2.47 bits per heavy atom. The van der Waals surface area contributed by atoms with Crippen molar-refractivity contribution >= 4 is 11.7 Å². The Morgan fingerprint density at radius 2 is 2.00 bits per heavy atom. The molecule has 0 bridgehead atoms. The number of carbonyl (C=O) groups is 1. The first-order valence-electron chi connectivity index (χ1n) is 6.54. The summed E-state index contributed by atoms with van der Waals surface area (Å²) >= 11 is 0. The van der Waals surface area contributed by atoms with Crippen molar-refractivity contribution in [3.8, 4) is 0 Å². The minimum Gasteiger partial charge on any atom is -0.465 e. The van der Waals surface area contributed by atoms with Gasteiger partial charge in [-0.2, -0.15) is 0 Å². The molecule has 2 N–H and O–H groups in total. The highest BCUT2D eigenvalue weighted by Crippen LogP contribution is 2.29. The Hall–Kier alpha value is -1.55. The fourth-order valence-corrected chi connectivity index (χ4v) is 2.10. The Morgan fingerprint density at radius 1 is 1.37 bits per heavy atom. The maximum Gasteiger partial charge on any atom is 0.339 e. The standard InChI is InChI=1S/C15H23NO3/c1-6-14(19-9(2)3)11-8-12(15(17)18-5)13(16)7-10(11)4/h7-9,14H,6,16H2,1-5H3. The van der Waals surface area contributed by atoms with Crippen LogP contribution in [0, 0.1) is 6.92 Å². The van der Waals surface area contributed by atoms with Gasteiger partial charge in [0.2, 0.25) is 0 Å². The van der Waals surface area contributed by atoms with Gasteiger partial charge in [0.1, 0.15) is 0 Å². The number of methoxy groups -OCH3 is 1. The van der Waals surface area contributed by atoms with Crippen molar-refractivity contribution in [1.82, 2.24) is 0 Å². The lowest BCUT2D eigenvalue weighted by atomic mass is 9.97. The third kappa shape index (κ3) is 3.70. The van der Waals surface area contributed by atoms with Crippen LogP contribution < -0.4 is 5.73 Å². The average molecular weight is 265 g/mol. The van der Waals surface area contributed by atoms with Gasteiger partial charge < -0.3 is 15.2 Å². The second kappa shape index (κ2) is 6.57. The fourth-order valence-electron chi connectivity index (χ4n) is 2.10.